The van der Waals surface area contributed by atoms with Crippen LogP contribution >= 0.6 is 0 Å². The predicted octanol–water partition coefficient (Wildman–Crippen LogP) is 4.81. The standard InChI is InChI=1S/C21H22FN3O2/c1-13(11-14-5-2-3-7-18(14)22)23-20-8-4-6-16-17-12-15(25(26)27)9-10-19(17)24-21(16)20/h2-3,5,7,9-10,12-13,20,23-24H,4,6,8,11H2,1H3/t13-,20-/m0/s1. The third-order valence-corrected chi connectivity index (χ3v) is 5.37. The number of H-pyrrole nitrogens is 1. The van der Waals surface area contributed by atoms with Crippen molar-refractivity contribution in [3.05, 3.63) is 75.2 Å². The number of aromatic amines is 1. The molecule has 27 heavy (non-hydrogen) atoms. The van der Waals surface area contributed by atoms with Gasteiger partial charge >= 0.3 is 0 Å². The molecule has 0 radical (unpaired) electrons. The summed E-state index contributed by atoms with van der Waals surface area (Å²) in [5.74, 6) is -0.173. The average molecular weight is 367 g/mol. The first-order valence-corrected chi connectivity index (χ1v) is 9.31. The van der Waals surface area contributed by atoms with E-state index in [-0.39, 0.29) is 28.5 Å². The van der Waals surface area contributed by atoms with E-state index < -0.39 is 0 Å². The molecule has 1 heterocycles. The lowest BCUT2D eigenvalue weighted by atomic mass is 9.91. The Hall–Kier alpha value is -2.73. The molecular formula is C21H22FN3O2. The van der Waals surface area contributed by atoms with Crippen LogP contribution in [0.25, 0.3) is 10.9 Å². The summed E-state index contributed by atoms with van der Waals surface area (Å²) < 4.78 is 13.9. The first-order chi connectivity index (χ1) is 13.0. The van der Waals surface area contributed by atoms with Gasteiger partial charge in [-0.05, 0) is 55.9 Å². The van der Waals surface area contributed by atoms with Crippen LogP contribution in [-0.4, -0.2) is 15.9 Å². The van der Waals surface area contributed by atoms with Crippen LogP contribution in [0.15, 0.2) is 42.5 Å². The Bertz CT molecular complexity index is 998. The van der Waals surface area contributed by atoms with Crippen LogP contribution in [0.3, 0.4) is 0 Å². The summed E-state index contributed by atoms with van der Waals surface area (Å²) in [4.78, 5) is 14.2. The van der Waals surface area contributed by atoms with Gasteiger partial charge < -0.3 is 10.3 Å². The molecule has 2 aromatic carbocycles. The number of rotatable bonds is 5. The number of nitro benzene ring substituents is 1. The van der Waals surface area contributed by atoms with Crippen molar-refractivity contribution in [2.75, 3.05) is 0 Å². The summed E-state index contributed by atoms with van der Waals surface area (Å²) in [6.45, 7) is 2.06. The second-order valence-corrected chi connectivity index (χ2v) is 7.31. The molecule has 1 aliphatic carbocycles. The zero-order valence-electron chi connectivity index (χ0n) is 15.2. The molecule has 0 amide bonds. The van der Waals surface area contributed by atoms with Gasteiger partial charge in [-0.25, -0.2) is 4.39 Å². The van der Waals surface area contributed by atoms with Crippen molar-refractivity contribution < 1.29 is 9.31 Å². The number of hydrogen-bond acceptors (Lipinski definition) is 3. The van der Waals surface area contributed by atoms with Gasteiger partial charge in [0.15, 0.2) is 0 Å². The number of nitro groups is 1. The SMILES string of the molecule is C[C@@H](Cc1ccccc1F)N[C@H]1CCCc2c1[nH]c1ccc([N+](=O)[O-])cc21. The maximum Gasteiger partial charge on any atom is 0.270 e. The predicted molar refractivity (Wildman–Crippen MR) is 103 cm³/mol. The summed E-state index contributed by atoms with van der Waals surface area (Å²) in [5.41, 5.74) is 4.03. The number of hydrogen-bond donors (Lipinski definition) is 2. The average Bonchev–Trinajstić information content (AvgIpc) is 3.02. The molecule has 0 saturated heterocycles. The highest BCUT2D eigenvalue weighted by atomic mass is 19.1. The van der Waals surface area contributed by atoms with Gasteiger partial charge in [0, 0.05) is 40.8 Å². The summed E-state index contributed by atoms with van der Waals surface area (Å²) in [6.07, 6.45) is 3.54. The van der Waals surface area contributed by atoms with Crippen molar-refractivity contribution in [1.82, 2.24) is 10.3 Å². The normalized spacial score (nSPS) is 17.6. The monoisotopic (exact) mass is 367 g/mol. The molecule has 2 N–H and O–H groups in total. The fraction of sp³-hybridized carbons (Fsp3) is 0.333. The van der Waals surface area contributed by atoms with Crippen LogP contribution in [0.4, 0.5) is 10.1 Å². The molecule has 0 spiro atoms. The van der Waals surface area contributed by atoms with Crippen LogP contribution in [0.5, 0.6) is 0 Å². The Labute approximate surface area is 156 Å². The van der Waals surface area contributed by atoms with Crippen molar-refractivity contribution in [3.63, 3.8) is 0 Å². The fourth-order valence-corrected chi connectivity index (χ4v) is 4.13. The van der Waals surface area contributed by atoms with Crippen LogP contribution in [0.2, 0.25) is 0 Å². The van der Waals surface area contributed by atoms with Crippen LogP contribution < -0.4 is 5.32 Å². The van der Waals surface area contributed by atoms with Crippen LogP contribution in [0, 0.1) is 15.9 Å². The van der Waals surface area contributed by atoms with Gasteiger partial charge in [-0.1, -0.05) is 18.2 Å². The molecule has 0 bridgehead atoms. The summed E-state index contributed by atoms with van der Waals surface area (Å²) in [7, 11) is 0. The Balaban J connectivity index is 1.58. The van der Waals surface area contributed by atoms with Crippen molar-refractivity contribution in [2.24, 2.45) is 0 Å². The molecule has 0 unspecified atom stereocenters. The zero-order valence-corrected chi connectivity index (χ0v) is 15.2. The first kappa shape index (κ1) is 17.7. The highest BCUT2D eigenvalue weighted by Crippen LogP contribution is 2.36. The lowest BCUT2D eigenvalue weighted by Gasteiger charge is -2.27. The molecular weight excluding hydrogens is 345 g/mol. The summed E-state index contributed by atoms with van der Waals surface area (Å²) >= 11 is 0. The van der Waals surface area contributed by atoms with Crippen LogP contribution in [-0.2, 0) is 12.8 Å². The maximum absolute atomic E-state index is 13.9. The summed E-state index contributed by atoms with van der Waals surface area (Å²) in [6, 6.07) is 12.1. The topological polar surface area (TPSA) is 71.0 Å². The van der Waals surface area contributed by atoms with Crippen molar-refractivity contribution in [1.29, 1.82) is 0 Å². The largest absolute Gasteiger partial charge is 0.357 e. The smallest absolute Gasteiger partial charge is 0.270 e. The lowest BCUT2D eigenvalue weighted by Crippen LogP contribution is -2.34. The van der Waals surface area contributed by atoms with Crippen molar-refractivity contribution in [2.45, 2.75) is 44.7 Å². The van der Waals surface area contributed by atoms with Crippen molar-refractivity contribution in [3.8, 4) is 0 Å². The molecule has 3 aromatic rings. The number of fused-ring (bicyclic) bond motifs is 3. The molecule has 0 fully saturated rings. The minimum absolute atomic E-state index is 0.110. The zero-order chi connectivity index (χ0) is 19.0. The van der Waals surface area contributed by atoms with Gasteiger partial charge in [0.1, 0.15) is 5.82 Å². The van der Waals surface area contributed by atoms with Gasteiger partial charge in [0.2, 0.25) is 0 Å². The number of halogens is 1. The van der Waals surface area contributed by atoms with Gasteiger partial charge in [0.25, 0.3) is 5.69 Å². The van der Waals surface area contributed by atoms with E-state index in [0.717, 1.165) is 41.4 Å². The summed E-state index contributed by atoms with van der Waals surface area (Å²) in [5, 5.41) is 15.7. The first-order valence-electron chi connectivity index (χ1n) is 9.31. The number of benzene rings is 2. The van der Waals surface area contributed by atoms with E-state index in [0.29, 0.717) is 12.0 Å². The third-order valence-electron chi connectivity index (χ3n) is 5.37. The number of aromatic nitrogens is 1. The Morgan fingerprint density at radius 1 is 1.33 bits per heavy atom. The van der Waals surface area contributed by atoms with E-state index in [1.165, 1.54) is 12.1 Å². The van der Waals surface area contributed by atoms with Crippen molar-refractivity contribution >= 4 is 16.6 Å². The minimum atomic E-state index is -0.353. The molecule has 6 heteroatoms. The highest BCUT2D eigenvalue weighted by molar-refractivity contribution is 5.87. The number of non-ortho nitro benzene ring substituents is 1. The van der Waals surface area contributed by atoms with E-state index in [9.17, 15) is 14.5 Å². The van der Waals surface area contributed by atoms with E-state index in [1.807, 2.05) is 12.1 Å². The molecule has 1 aliphatic rings. The molecule has 1 aromatic heterocycles. The molecule has 0 aliphatic heterocycles. The fourth-order valence-electron chi connectivity index (χ4n) is 4.13. The second-order valence-electron chi connectivity index (χ2n) is 7.31. The Morgan fingerprint density at radius 3 is 2.93 bits per heavy atom. The highest BCUT2D eigenvalue weighted by Gasteiger charge is 2.26. The Kier molecular flexibility index (Phi) is 4.66. The molecule has 0 saturated carbocycles. The van der Waals surface area contributed by atoms with E-state index in [1.54, 1.807) is 18.2 Å². The van der Waals surface area contributed by atoms with Gasteiger partial charge in [0.05, 0.1) is 4.92 Å². The van der Waals surface area contributed by atoms with Gasteiger partial charge in [-0.2, -0.15) is 0 Å². The van der Waals surface area contributed by atoms with Gasteiger partial charge in [-0.15, -0.1) is 0 Å². The Morgan fingerprint density at radius 2 is 2.15 bits per heavy atom. The second kappa shape index (κ2) is 7.12. The molecule has 4 rings (SSSR count). The van der Waals surface area contributed by atoms with E-state index >= 15 is 0 Å². The molecule has 140 valence electrons. The van der Waals surface area contributed by atoms with Crippen LogP contribution in [0.1, 0.15) is 42.6 Å². The van der Waals surface area contributed by atoms with E-state index in [4.69, 9.17) is 0 Å². The molecule has 2 atom stereocenters. The number of nitrogens with one attached hydrogen (secondary N) is 2. The number of aryl methyl sites for hydroxylation is 1. The third kappa shape index (κ3) is 3.45. The number of nitrogens with zero attached hydrogens (tertiary/aromatic N) is 1. The minimum Gasteiger partial charge on any atom is -0.357 e. The quantitative estimate of drug-likeness (QED) is 0.502. The van der Waals surface area contributed by atoms with E-state index in [2.05, 4.69) is 17.2 Å². The lowest BCUT2D eigenvalue weighted by molar-refractivity contribution is -0.384. The van der Waals surface area contributed by atoms with Gasteiger partial charge in [-0.3, -0.25) is 10.1 Å². The maximum atomic E-state index is 13.9. The molecule has 5 nitrogen and oxygen atoms in total.